The Morgan fingerprint density at radius 3 is 2.28 bits per heavy atom. The number of nitrogens with zero attached hydrogens (tertiary/aromatic N) is 2. The number of hydrogen-bond acceptors (Lipinski definition) is 5. The zero-order valence-electron chi connectivity index (χ0n) is 11.9. The summed E-state index contributed by atoms with van der Waals surface area (Å²) >= 11 is 0. The van der Waals surface area contributed by atoms with Gasteiger partial charge in [-0.1, -0.05) is 6.92 Å². The Kier molecular flexibility index (Phi) is 6.05. The van der Waals surface area contributed by atoms with E-state index in [0.717, 1.165) is 32.7 Å². The first-order valence-corrected chi connectivity index (χ1v) is 6.90. The van der Waals surface area contributed by atoms with Gasteiger partial charge in [-0.05, 0) is 26.8 Å². The van der Waals surface area contributed by atoms with E-state index in [4.69, 9.17) is 10.5 Å². The molecule has 0 spiro atoms. The second-order valence-electron chi connectivity index (χ2n) is 5.26. The van der Waals surface area contributed by atoms with Crippen LogP contribution in [0.1, 0.15) is 27.2 Å². The SMILES string of the molecule is CCCN1CCN(CC(C)(N)C(=O)OCC)CC1. The molecule has 0 aromatic carbocycles. The molecule has 0 aliphatic carbocycles. The lowest BCUT2D eigenvalue weighted by molar-refractivity contribution is -0.149. The lowest BCUT2D eigenvalue weighted by Crippen LogP contribution is -2.58. The van der Waals surface area contributed by atoms with Gasteiger partial charge in [0.15, 0.2) is 0 Å². The standard InChI is InChI=1S/C13H27N3O2/c1-4-6-15-7-9-16(10-8-15)11-13(3,14)12(17)18-5-2/h4-11,14H2,1-3H3. The number of hydrogen-bond donors (Lipinski definition) is 1. The van der Waals surface area contributed by atoms with Crippen LogP contribution in [0, 0.1) is 0 Å². The van der Waals surface area contributed by atoms with Crippen LogP contribution in [-0.4, -0.2) is 67.2 Å². The van der Waals surface area contributed by atoms with Crippen molar-refractivity contribution in [2.75, 3.05) is 45.9 Å². The fraction of sp³-hybridized carbons (Fsp3) is 0.923. The normalized spacial score (nSPS) is 21.6. The summed E-state index contributed by atoms with van der Waals surface area (Å²) in [7, 11) is 0. The number of esters is 1. The van der Waals surface area contributed by atoms with Crippen molar-refractivity contribution in [1.29, 1.82) is 0 Å². The molecule has 0 radical (unpaired) electrons. The van der Waals surface area contributed by atoms with Crippen LogP contribution in [0.2, 0.25) is 0 Å². The Morgan fingerprint density at radius 2 is 1.78 bits per heavy atom. The van der Waals surface area contributed by atoms with Crippen molar-refractivity contribution in [3.05, 3.63) is 0 Å². The van der Waals surface area contributed by atoms with Crippen LogP contribution in [0.15, 0.2) is 0 Å². The van der Waals surface area contributed by atoms with Crippen molar-refractivity contribution < 1.29 is 9.53 Å². The van der Waals surface area contributed by atoms with Crippen LogP contribution in [0.4, 0.5) is 0 Å². The Hall–Kier alpha value is -0.650. The topological polar surface area (TPSA) is 58.8 Å². The molecule has 106 valence electrons. The summed E-state index contributed by atoms with van der Waals surface area (Å²) in [6.45, 7) is 12.0. The smallest absolute Gasteiger partial charge is 0.327 e. The minimum atomic E-state index is -0.900. The van der Waals surface area contributed by atoms with Crippen LogP contribution in [0.25, 0.3) is 0 Å². The summed E-state index contributed by atoms with van der Waals surface area (Å²) in [5, 5.41) is 0. The Morgan fingerprint density at radius 1 is 1.22 bits per heavy atom. The van der Waals surface area contributed by atoms with Crippen LogP contribution in [0.5, 0.6) is 0 Å². The zero-order valence-corrected chi connectivity index (χ0v) is 11.9. The maximum atomic E-state index is 11.7. The third kappa shape index (κ3) is 4.55. The highest BCUT2D eigenvalue weighted by molar-refractivity contribution is 5.80. The van der Waals surface area contributed by atoms with Gasteiger partial charge in [0.05, 0.1) is 6.61 Å². The Balaban J connectivity index is 2.37. The minimum absolute atomic E-state index is 0.305. The summed E-state index contributed by atoms with van der Waals surface area (Å²) in [6.07, 6.45) is 1.19. The average molecular weight is 257 g/mol. The summed E-state index contributed by atoms with van der Waals surface area (Å²) < 4.78 is 5.01. The van der Waals surface area contributed by atoms with Crippen molar-refractivity contribution in [3.8, 4) is 0 Å². The van der Waals surface area contributed by atoms with Gasteiger partial charge in [0.2, 0.25) is 0 Å². The minimum Gasteiger partial charge on any atom is -0.465 e. The molecule has 5 nitrogen and oxygen atoms in total. The molecule has 1 fully saturated rings. The van der Waals surface area contributed by atoms with Gasteiger partial charge >= 0.3 is 5.97 Å². The average Bonchev–Trinajstić information content (AvgIpc) is 2.32. The van der Waals surface area contributed by atoms with E-state index < -0.39 is 5.54 Å². The molecule has 0 aromatic rings. The molecule has 1 atom stereocenters. The van der Waals surface area contributed by atoms with Crippen LogP contribution in [-0.2, 0) is 9.53 Å². The number of ether oxygens (including phenoxy) is 1. The molecule has 0 aromatic heterocycles. The van der Waals surface area contributed by atoms with Gasteiger partial charge in [-0.2, -0.15) is 0 Å². The fourth-order valence-electron chi connectivity index (χ4n) is 2.31. The van der Waals surface area contributed by atoms with Crippen molar-refractivity contribution >= 4 is 5.97 Å². The third-order valence-electron chi connectivity index (χ3n) is 3.30. The molecule has 1 heterocycles. The molecule has 0 saturated carbocycles. The summed E-state index contributed by atoms with van der Waals surface area (Å²) in [5.74, 6) is -0.305. The number of carbonyl (C=O) groups excluding carboxylic acids is 1. The number of carbonyl (C=O) groups is 1. The molecule has 5 heteroatoms. The van der Waals surface area contributed by atoms with Gasteiger partial charge < -0.3 is 15.4 Å². The van der Waals surface area contributed by atoms with Crippen molar-refractivity contribution in [2.45, 2.75) is 32.7 Å². The predicted molar refractivity (Wildman–Crippen MR) is 72.4 cm³/mol. The lowest BCUT2D eigenvalue weighted by atomic mass is 10.0. The van der Waals surface area contributed by atoms with Crippen LogP contribution < -0.4 is 5.73 Å². The third-order valence-corrected chi connectivity index (χ3v) is 3.30. The van der Waals surface area contributed by atoms with E-state index in [9.17, 15) is 4.79 Å². The predicted octanol–water partition coefficient (Wildman–Crippen LogP) is 0.295. The van der Waals surface area contributed by atoms with Crippen molar-refractivity contribution in [1.82, 2.24) is 9.80 Å². The molecule has 18 heavy (non-hydrogen) atoms. The van der Waals surface area contributed by atoms with Crippen LogP contribution in [0.3, 0.4) is 0 Å². The monoisotopic (exact) mass is 257 g/mol. The van der Waals surface area contributed by atoms with E-state index in [1.165, 1.54) is 6.42 Å². The Labute approximate surface area is 110 Å². The second kappa shape index (κ2) is 7.07. The van der Waals surface area contributed by atoms with Gasteiger partial charge in [0.25, 0.3) is 0 Å². The first-order chi connectivity index (χ1) is 8.49. The quantitative estimate of drug-likeness (QED) is 0.693. The Bertz CT molecular complexity index is 261. The summed E-state index contributed by atoms with van der Waals surface area (Å²) in [6, 6.07) is 0. The van der Waals surface area contributed by atoms with Crippen LogP contribution >= 0.6 is 0 Å². The molecular weight excluding hydrogens is 230 g/mol. The van der Waals surface area contributed by atoms with Gasteiger partial charge in [0, 0.05) is 32.7 Å². The van der Waals surface area contributed by atoms with Gasteiger partial charge in [-0.25, -0.2) is 0 Å². The summed E-state index contributed by atoms with van der Waals surface area (Å²) in [5.41, 5.74) is 5.14. The molecule has 0 bridgehead atoms. The fourth-order valence-corrected chi connectivity index (χ4v) is 2.31. The first kappa shape index (κ1) is 15.4. The highest BCUT2D eigenvalue weighted by Gasteiger charge is 2.33. The van der Waals surface area contributed by atoms with E-state index in [-0.39, 0.29) is 5.97 Å². The second-order valence-corrected chi connectivity index (χ2v) is 5.26. The number of nitrogens with two attached hydrogens (primary N) is 1. The summed E-state index contributed by atoms with van der Waals surface area (Å²) in [4.78, 5) is 16.4. The lowest BCUT2D eigenvalue weighted by Gasteiger charge is -2.37. The largest absolute Gasteiger partial charge is 0.465 e. The maximum Gasteiger partial charge on any atom is 0.327 e. The van der Waals surface area contributed by atoms with Crippen molar-refractivity contribution in [2.24, 2.45) is 5.73 Å². The zero-order chi connectivity index (χ0) is 13.6. The molecule has 1 aliphatic rings. The molecule has 1 rings (SSSR count). The van der Waals surface area contributed by atoms with E-state index in [2.05, 4.69) is 16.7 Å². The van der Waals surface area contributed by atoms with E-state index in [1.54, 1.807) is 13.8 Å². The van der Waals surface area contributed by atoms with Gasteiger partial charge in [0.1, 0.15) is 5.54 Å². The highest BCUT2D eigenvalue weighted by atomic mass is 16.5. The van der Waals surface area contributed by atoms with Gasteiger partial charge in [-0.15, -0.1) is 0 Å². The molecule has 1 unspecified atom stereocenters. The van der Waals surface area contributed by atoms with Crippen molar-refractivity contribution in [3.63, 3.8) is 0 Å². The van der Waals surface area contributed by atoms with E-state index in [0.29, 0.717) is 13.2 Å². The molecule has 2 N–H and O–H groups in total. The molecule has 1 saturated heterocycles. The van der Waals surface area contributed by atoms with E-state index >= 15 is 0 Å². The van der Waals surface area contributed by atoms with E-state index in [1.807, 2.05) is 0 Å². The maximum absolute atomic E-state index is 11.7. The molecular formula is C13H27N3O2. The van der Waals surface area contributed by atoms with Gasteiger partial charge in [-0.3, -0.25) is 9.69 Å². The highest BCUT2D eigenvalue weighted by Crippen LogP contribution is 2.09. The molecule has 1 aliphatic heterocycles. The first-order valence-electron chi connectivity index (χ1n) is 6.90. The molecule has 0 amide bonds. The number of rotatable bonds is 6. The number of piperazine rings is 1.